The van der Waals surface area contributed by atoms with Crippen molar-refractivity contribution in [2.24, 2.45) is 0 Å². The molecule has 122 valence electrons. The van der Waals surface area contributed by atoms with Gasteiger partial charge in [0, 0.05) is 20.6 Å². The Hall–Kier alpha value is -2.44. The van der Waals surface area contributed by atoms with Crippen LogP contribution in [-0.2, 0) is 23.1 Å². The molecule has 2 rings (SSSR count). The molecule has 2 aromatic rings. The van der Waals surface area contributed by atoms with Crippen LogP contribution in [0.15, 0.2) is 32.7 Å². The second-order valence-corrected chi connectivity index (χ2v) is 7.19. The van der Waals surface area contributed by atoms with Crippen LogP contribution in [0, 0.1) is 11.3 Å². The van der Waals surface area contributed by atoms with Crippen molar-refractivity contribution in [2.75, 3.05) is 14.1 Å². The van der Waals surface area contributed by atoms with Crippen molar-refractivity contribution >= 4 is 21.1 Å². The standard InChI is InChI=1S/C14H16N4O4S/c1-4-17-11-6-5-10(23(21,22)16(2)3)9-12(11)18(8-7-15)14(20)13(17)19/h5-6,9H,4,8H2,1-3H3. The Balaban J connectivity index is 2.99. The second kappa shape index (κ2) is 5.98. The highest BCUT2D eigenvalue weighted by atomic mass is 32.2. The first-order valence-corrected chi connectivity index (χ1v) is 8.26. The summed E-state index contributed by atoms with van der Waals surface area (Å²) in [6.07, 6.45) is 0. The number of nitriles is 1. The first kappa shape index (κ1) is 16.9. The molecule has 0 spiro atoms. The third-order valence-corrected chi connectivity index (χ3v) is 5.34. The molecule has 0 saturated heterocycles. The molecule has 0 radical (unpaired) electrons. The minimum Gasteiger partial charge on any atom is -0.302 e. The number of hydrogen-bond acceptors (Lipinski definition) is 5. The van der Waals surface area contributed by atoms with Crippen molar-refractivity contribution in [3.63, 3.8) is 0 Å². The fourth-order valence-electron chi connectivity index (χ4n) is 2.31. The largest absolute Gasteiger partial charge is 0.317 e. The summed E-state index contributed by atoms with van der Waals surface area (Å²) >= 11 is 0. The molecule has 0 atom stereocenters. The normalized spacial score (nSPS) is 11.8. The lowest BCUT2D eigenvalue weighted by molar-refractivity contribution is 0.521. The van der Waals surface area contributed by atoms with Crippen LogP contribution < -0.4 is 11.1 Å². The summed E-state index contributed by atoms with van der Waals surface area (Å²) in [4.78, 5) is 24.2. The fraction of sp³-hybridized carbons (Fsp3) is 0.357. The lowest BCUT2D eigenvalue weighted by Gasteiger charge is -2.15. The molecule has 0 saturated carbocycles. The Bertz CT molecular complexity index is 1030. The quantitative estimate of drug-likeness (QED) is 0.728. The van der Waals surface area contributed by atoms with E-state index in [-0.39, 0.29) is 23.5 Å². The number of sulfonamides is 1. The maximum Gasteiger partial charge on any atom is 0.317 e. The van der Waals surface area contributed by atoms with Gasteiger partial charge in [0.2, 0.25) is 10.0 Å². The van der Waals surface area contributed by atoms with Gasteiger partial charge in [0.25, 0.3) is 0 Å². The summed E-state index contributed by atoms with van der Waals surface area (Å²) in [5.74, 6) is 0. The van der Waals surface area contributed by atoms with E-state index in [9.17, 15) is 18.0 Å². The average molecular weight is 336 g/mol. The minimum absolute atomic E-state index is 0.0117. The molecule has 23 heavy (non-hydrogen) atoms. The smallest absolute Gasteiger partial charge is 0.302 e. The summed E-state index contributed by atoms with van der Waals surface area (Å²) in [5, 5.41) is 8.89. The van der Waals surface area contributed by atoms with Crippen molar-refractivity contribution < 1.29 is 8.42 Å². The fourth-order valence-corrected chi connectivity index (χ4v) is 3.23. The molecule has 0 bridgehead atoms. The Labute approximate surface area is 132 Å². The van der Waals surface area contributed by atoms with Gasteiger partial charge in [-0.2, -0.15) is 5.26 Å². The number of hydrogen-bond donors (Lipinski definition) is 0. The number of rotatable bonds is 4. The summed E-state index contributed by atoms with van der Waals surface area (Å²) in [6, 6.07) is 5.99. The molecule has 9 heteroatoms. The molecule has 0 unspecified atom stereocenters. The number of nitrogens with zero attached hydrogens (tertiary/aromatic N) is 4. The van der Waals surface area contributed by atoms with Crippen LogP contribution in [0.5, 0.6) is 0 Å². The Kier molecular flexibility index (Phi) is 4.40. The summed E-state index contributed by atoms with van der Waals surface area (Å²) in [5.41, 5.74) is -0.940. The zero-order valence-electron chi connectivity index (χ0n) is 13.0. The van der Waals surface area contributed by atoms with Crippen LogP contribution in [0.4, 0.5) is 0 Å². The molecule has 0 aliphatic heterocycles. The van der Waals surface area contributed by atoms with E-state index in [1.54, 1.807) is 6.92 Å². The van der Waals surface area contributed by atoms with Gasteiger partial charge in [0.1, 0.15) is 6.54 Å². The second-order valence-electron chi connectivity index (χ2n) is 5.04. The summed E-state index contributed by atoms with van der Waals surface area (Å²) in [6.45, 7) is 1.64. The van der Waals surface area contributed by atoms with Crippen LogP contribution in [-0.4, -0.2) is 36.0 Å². The molecular formula is C14H16N4O4S. The van der Waals surface area contributed by atoms with Crippen molar-refractivity contribution in [1.82, 2.24) is 13.4 Å². The molecule has 0 aliphatic rings. The number of aromatic nitrogens is 2. The maximum absolute atomic E-state index is 12.3. The first-order chi connectivity index (χ1) is 10.8. The van der Waals surface area contributed by atoms with E-state index < -0.39 is 21.1 Å². The van der Waals surface area contributed by atoms with E-state index in [0.717, 1.165) is 8.87 Å². The molecule has 0 N–H and O–H groups in total. The van der Waals surface area contributed by atoms with Crippen LogP contribution in [0.1, 0.15) is 6.92 Å². The third-order valence-electron chi connectivity index (χ3n) is 3.53. The molecule has 0 aliphatic carbocycles. The molecule has 1 aromatic carbocycles. The van der Waals surface area contributed by atoms with Crippen LogP contribution in [0.25, 0.3) is 11.0 Å². The lowest BCUT2D eigenvalue weighted by Crippen LogP contribution is -2.41. The highest BCUT2D eigenvalue weighted by Crippen LogP contribution is 2.19. The summed E-state index contributed by atoms with van der Waals surface area (Å²) in [7, 11) is -0.900. The Morgan fingerprint density at radius 3 is 2.26 bits per heavy atom. The van der Waals surface area contributed by atoms with E-state index in [0.29, 0.717) is 5.52 Å². The van der Waals surface area contributed by atoms with E-state index in [1.807, 2.05) is 6.07 Å². The zero-order chi connectivity index (χ0) is 17.4. The van der Waals surface area contributed by atoms with E-state index >= 15 is 0 Å². The molecule has 1 heterocycles. The summed E-state index contributed by atoms with van der Waals surface area (Å²) < 4.78 is 27.8. The van der Waals surface area contributed by atoms with Gasteiger partial charge >= 0.3 is 11.1 Å². The van der Waals surface area contributed by atoms with Gasteiger partial charge in [-0.25, -0.2) is 12.7 Å². The van der Waals surface area contributed by atoms with Crippen molar-refractivity contribution in [3.05, 3.63) is 38.9 Å². The third kappa shape index (κ3) is 2.67. The molecule has 0 amide bonds. The van der Waals surface area contributed by atoms with Gasteiger partial charge < -0.3 is 4.57 Å². The zero-order valence-corrected chi connectivity index (χ0v) is 13.8. The van der Waals surface area contributed by atoms with Crippen molar-refractivity contribution in [3.8, 4) is 6.07 Å². The van der Waals surface area contributed by atoms with Crippen molar-refractivity contribution in [2.45, 2.75) is 24.9 Å². The maximum atomic E-state index is 12.3. The van der Waals surface area contributed by atoms with Gasteiger partial charge in [-0.3, -0.25) is 14.2 Å². The van der Waals surface area contributed by atoms with Crippen LogP contribution in [0.3, 0.4) is 0 Å². The SMILES string of the molecule is CCn1c(=O)c(=O)n(CC#N)c2cc(S(=O)(=O)N(C)C)ccc21. The highest BCUT2D eigenvalue weighted by molar-refractivity contribution is 7.89. The predicted octanol–water partition coefficient (Wildman–Crippen LogP) is -0.0430. The molecule has 8 nitrogen and oxygen atoms in total. The van der Waals surface area contributed by atoms with E-state index in [4.69, 9.17) is 5.26 Å². The van der Waals surface area contributed by atoms with Gasteiger partial charge in [-0.15, -0.1) is 0 Å². The topological polar surface area (TPSA) is 105 Å². The first-order valence-electron chi connectivity index (χ1n) is 6.82. The van der Waals surface area contributed by atoms with Gasteiger partial charge in [0.15, 0.2) is 0 Å². The predicted molar refractivity (Wildman–Crippen MR) is 84.6 cm³/mol. The average Bonchev–Trinajstić information content (AvgIpc) is 2.51. The number of fused-ring (bicyclic) bond motifs is 1. The van der Waals surface area contributed by atoms with E-state index in [1.165, 1.54) is 36.9 Å². The van der Waals surface area contributed by atoms with Crippen molar-refractivity contribution in [1.29, 1.82) is 5.26 Å². The highest BCUT2D eigenvalue weighted by Gasteiger charge is 2.20. The monoisotopic (exact) mass is 336 g/mol. The van der Waals surface area contributed by atoms with Crippen LogP contribution in [0.2, 0.25) is 0 Å². The number of aryl methyl sites for hydroxylation is 1. The van der Waals surface area contributed by atoms with Gasteiger partial charge in [-0.1, -0.05) is 0 Å². The molecule has 1 aromatic heterocycles. The van der Waals surface area contributed by atoms with Gasteiger partial charge in [0.05, 0.1) is 22.0 Å². The number of benzene rings is 1. The van der Waals surface area contributed by atoms with Crippen LogP contribution >= 0.6 is 0 Å². The minimum atomic E-state index is -3.69. The molecular weight excluding hydrogens is 320 g/mol. The Morgan fingerprint density at radius 2 is 1.74 bits per heavy atom. The van der Waals surface area contributed by atoms with Gasteiger partial charge in [-0.05, 0) is 25.1 Å². The molecule has 0 fully saturated rings. The van der Waals surface area contributed by atoms with E-state index in [2.05, 4.69) is 0 Å². The lowest BCUT2D eigenvalue weighted by atomic mass is 10.2. The Morgan fingerprint density at radius 1 is 1.13 bits per heavy atom.